The van der Waals surface area contributed by atoms with Crippen LogP contribution < -0.4 is 10.1 Å². The van der Waals surface area contributed by atoms with Gasteiger partial charge in [0.05, 0.1) is 22.7 Å². The molecule has 2 aromatic rings. The molecule has 156 valence electrons. The van der Waals surface area contributed by atoms with E-state index in [2.05, 4.69) is 5.32 Å². The van der Waals surface area contributed by atoms with E-state index in [1.807, 2.05) is 43.3 Å². The van der Waals surface area contributed by atoms with Gasteiger partial charge in [0.15, 0.2) is 12.4 Å². The summed E-state index contributed by atoms with van der Waals surface area (Å²) >= 11 is 12.4. The average molecular weight is 447 g/mol. The molecule has 1 amide bonds. The van der Waals surface area contributed by atoms with Crippen molar-refractivity contribution in [1.29, 1.82) is 5.26 Å². The van der Waals surface area contributed by atoms with Crippen LogP contribution in [0.4, 0.5) is 0 Å². The van der Waals surface area contributed by atoms with E-state index in [1.54, 1.807) is 6.92 Å². The number of nitriles is 1. The Balaban J connectivity index is 2.16. The van der Waals surface area contributed by atoms with Crippen LogP contribution in [0.15, 0.2) is 48.0 Å². The molecule has 8 heteroatoms. The van der Waals surface area contributed by atoms with Gasteiger partial charge in [-0.05, 0) is 43.2 Å². The van der Waals surface area contributed by atoms with E-state index in [1.165, 1.54) is 18.2 Å². The summed E-state index contributed by atoms with van der Waals surface area (Å²) in [6.45, 7) is 3.40. The highest BCUT2D eigenvalue weighted by molar-refractivity contribution is 6.37. The number of nitrogens with zero attached hydrogens (tertiary/aromatic N) is 1. The molecule has 0 heterocycles. The van der Waals surface area contributed by atoms with E-state index in [0.29, 0.717) is 5.56 Å². The molecule has 1 atom stereocenters. The molecule has 0 unspecified atom stereocenters. The van der Waals surface area contributed by atoms with Gasteiger partial charge in [-0.25, -0.2) is 4.79 Å². The summed E-state index contributed by atoms with van der Waals surface area (Å²) in [5.41, 5.74) is 1.25. The Morgan fingerprint density at radius 2 is 1.83 bits per heavy atom. The van der Waals surface area contributed by atoms with Crippen molar-refractivity contribution in [2.75, 3.05) is 13.2 Å². The van der Waals surface area contributed by atoms with Gasteiger partial charge in [-0.1, -0.05) is 53.5 Å². The van der Waals surface area contributed by atoms with E-state index >= 15 is 0 Å². The molecule has 0 saturated carbocycles. The molecular weight excluding hydrogens is 427 g/mol. The van der Waals surface area contributed by atoms with E-state index in [-0.39, 0.29) is 40.6 Å². The second-order valence-electron chi connectivity index (χ2n) is 6.18. The molecule has 0 aliphatic rings. The third-order valence-electron chi connectivity index (χ3n) is 3.98. The largest absolute Gasteiger partial charge is 0.479 e. The molecule has 0 aliphatic carbocycles. The van der Waals surface area contributed by atoms with Gasteiger partial charge < -0.3 is 14.8 Å². The minimum Gasteiger partial charge on any atom is -0.479 e. The lowest BCUT2D eigenvalue weighted by Crippen LogP contribution is -2.27. The van der Waals surface area contributed by atoms with Crippen LogP contribution in [0.1, 0.15) is 31.0 Å². The zero-order valence-electron chi connectivity index (χ0n) is 16.4. The van der Waals surface area contributed by atoms with Gasteiger partial charge in [0.1, 0.15) is 11.6 Å². The quantitative estimate of drug-likeness (QED) is 0.360. The van der Waals surface area contributed by atoms with Crippen LogP contribution in [0, 0.1) is 11.3 Å². The number of halogens is 2. The van der Waals surface area contributed by atoms with Crippen molar-refractivity contribution in [2.24, 2.45) is 0 Å². The van der Waals surface area contributed by atoms with Crippen LogP contribution in [-0.4, -0.2) is 25.1 Å². The molecule has 0 fully saturated rings. The molecule has 0 saturated heterocycles. The minimum absolute atomic E-state index is 0.106. The van der Waals surface area contributed by atoms with Gasteiger partial charge in [0.2, 0.25) is 0 Å². The monoisotopic (exact) mass is 446 g/mol. The fourth-order valence-corrected chi connectivity index (χ4v) is 3.16. The lowest BCUT2D eigenvalue weighted by molar-refractivity contribution is -0.145. The van der Waals surface area contributed by atoms with Gasteiger partial charge in [-0.15, -0.1) is 0 Å². The van der Waals surface area contributed by atoms with Crippen molar-refractivity contribution >= 4 is 41.2 Å². The zero-order valence-corrected chi connectivity index (χ0v) is 18.0. The summed E-state index contributed by atoms with van der Waals surface area (Å²) in [7, 11) is 0. The lowest BCUT2D eigenvalue weighted by Gasteiger charge is -2.14. The van der Waals surface area contributed by atoms with Crippen molar-refractivity contribution in [3.05, 3.63) is 69.2 Å². The first-order valence-electron chi connectivity index (χ1n) is 9.10. The molecular formula is C22H20Cl2N2O4. The third kappa shape index (κ3) is 6.51. The normalized spacial score (nSPS) is 11.9. The topological polar surface area (TPSA) is 88.4 Å². The number of rotatable bonds is 8. The van der Waals surface area contributed by atoms with Gasteiger partial charge in [0, 0.05) is 0 Å². The first-order valence-corrected chi connectivity index (χ1v) is 9.86. The molecule has 0 spiro atoms. The molecule has 1 N–H and O–H groups in total. The average Bonchev–Trinajstić information content (AvgIpc) is 2.72. The standard InChI is InChI=1S/C22H20Cl2N2O4/c1-3-29-20(27)13-30-21-18(23)10-15(11-19(21)24)9-17(12-25)22(28)26-14(2)16-7-5-4-6-8-16/h4-11,14H,3,13H2,1-2H3,(H,26,28)/b17-9-/t14-/m1/s1. The fourth-order valence-electron chi connectivity index (χ4n) is 2.55. The van der Waals surface area contributed by atoms with Gasteiger partial charge in [-0.3, -0.25) is 4.79 Å². The Bertz CT molecular complexity index is 961. The first-order chi connectivity index (χ1) is 14.3. The Morgan fingerprint density at radius 3 is 2.40 bits per heavy atom. The number of amides is 1. The van der Waals surface area contributed by atoms with E-state index in [4.69, 9.17) is 32.7 Å². The number of ether oxygens (including phenoxy) is 2. The van der Waals surface area contributed by atoms with Crippen molar-refractivity contribution in [2.45, 2.75) is 19.9 Å². The molecule has 2 rings (SSSR count). The Morgan fingerprint density at radius 1 is 1.20 bits per heavy atom. The minimum atomic E-state index is -0.551. The maximum atomic E-state index is 12.5. The van der Waals surface area contributed by atoms with Gasteiger partial charge in [-0.2, -0.15) is 5.26 Å². The van der Waals surface area contributed by atoms with Gasteiger partial charge in [0.25, 0.3) is 5.91 Å². The number of hydrogen-bond donors (Lipinski definition) is 1. The summed E-state index contributed by atoms with van der Waals surface area (Å²) in [6, 6.07) is 14.0. The maximum absolute atomic E-state index is 12.5. The summed E-state index contributed by atoms with van der Waals surface area (Å²) < 4.78 is 10.1. The number of esters is 1. The fraction of sp³-hybridized carbons (Fsp3) is 0.227. The van der Waals surface area contributed by atoms with Crippen LogP contribution in [0.2, 0.25) is 10.0 Å². The van der Waals surface area contributed by atoms with E-state index < -0.39 is 11.9 Å². The molecule has 6 nitrogen and oxygen atoms in total. The number of nitrogens with one attached hydrogen (secondary N) is 1. The van der Waals surface area contributed by atoms with Crippen molar-refractivity contribution in [3.63, 3.8) is 0 Å². The lowest BCUT2D eigenvalue weighted by atomic mass is 10.1. The first kappa shape index (κ1) is 23.3. The summed E-state index contributed by atoms with van der Waals surface area (Å²) in [6.07, 6.45) is 1.37. The Hall–Kier alpha value is -3.01. The Kier molecular flexibility index (Phi) is 8.72. The molecule has 0 aromatic heterocycles. The SMILES string of the molecule is CCOC(=O)COc1c(Cl)cc(/C=C(/C#N)C(=O)N[C@H](C)c2ccccc2)cc1Cl. The number of carbonyl (C=O) groups excluding carboxylic acids is 2. The smallest absolute Gasteiger partial charge is 0.344 e. The van der Waals surface area contributed by atoms with Gasteiger partial charge >= 0.3 is 5.97 Å². The second-order valence-corrected chi connectivity index (χ2v) is 7.00. The summed E-state index contributed by atoms with van der Waals surface area (Å²) in [4.78, 5) is 23.9. The van der Waals surface area contributed by atoms with Crippen LogP contribution in [0.25, 0.3) is 6.08 Å². The third-order valence-corrected chi connectivity index (χ3v) is 4.55. The highest BCUT2D eigenvalue weighted by Crippen LogP contribution is 2.35. The molecule has 30 heavy (non-hydrogen) atoms. The summed E-state index contributed by atoms with van der Waals surface area (Å²) in [5.74, 6) is -0.961. The highest BCUT2D eigenvalue weighted by atomic mass is 35.5. The zero-order chi connectivity index (χ0) is 22.1. The van der Waals surface area contributed by atoms with Crippen molar-refractivity contribution in [1.82, 2.24) is 5.32 Å². The highest BCUT2D eigenvalue weighted by Gasteiger charge is 2.16. The second kappa shape index (κ2) is 11.2. The Labute approximate surface area is 185 Å². The van der Waals surface area contributed by atoms with Crippen LogP contribution in [0.5, 0.6) is 5.75 Å². The van der Waals surface area contributed by atoms with Crippen molar-refractivity contribution in [3.8, 4) is 11.8 Å². The molecule has 2 aromatic carbocycles. The molecule has 0 bridgehead atoms. The summed E-state index contributed by atoms with van der Waals surface area (Å²) in [5, 5.41) is 12.5. The predicted octanol–water partition coefficient (Wildman–Crippen LogP) is 4.72. The van der Waals surface area contributed by atoms with Crippen molar-refractivity contribution < 1.29 is 19.1 Å². The predicted molar refractivity (Wildman–Crippen MR) is 115 cm³/mol. The van der Waals surface area contributed by atoms with Crippen LogP contribution in [-0.2, 0) is 14.3 Å². The number of carbonyl (C=O) groups is 2. The van der Waals surface area contributed by atoms with E-state index in [9.17, 15) is 14.9 Å². The maximum Gasteiger partial charge on any atom is 0.344 e. The molecule has 0 radical (unpaired) electrons. The number of benzene rings is 2. The van der Waals surface area contributed by atoms with Crippen LogP contribution in [0.3, 0.4) is 0 Å². The number of hydrogen-bond acceptors (Lipinski definition) is 5. The van der Waals surface area contributed by atoms with E-state index in [0.717, 1.165) is 5.56 Å². The van der Waals surface area contributed by atoms with Crippen LogP contribution >= 0.6 is 23.2 Å². The molecule has 0 aliphatic heterocycles.